The molecular formula is C19H26N4OS. The molecule has 2 saturated heterocycles. The summed E-state index contributed by atoms with van der Waals surface area (Å²) >= 11 is 1.76. The van der Waals surface area contributed by atoms with Gasteiger partial charge in [0.2, 0.25) is 0 Å². The number of hydrogen-bond acceptors (Lipinski definition) is 5. The summed E-state index contributed by atoms with van der Waals surface area (Å²) < 4.78 is 5.78. The standard InChI is InChI=1S/C19H26N4OS/c1-2-6-15-14(5-1)21-18(22-15)16-7-3-9-23(16)11-13-12-25-19(20-13)17-8-4-10-24-17/h12,16-17H,1-11H2,(H,21,22)/t16-,17+/m0/s1. The summed E-state index contributed by atoms with van der Waals surface area (Å²) in [7, 11) is 0. The Kier molecular flexibility index (Phi) is 4.36. The first-order valence-corrected chi connectivity index (χ1v) is 10.6. The fraction of sp³-hybridized carbons (Fsp3) is 0.684. The van der Waals surface area contributed by atoms with Crippen LogP contribution in [0.5, 0.6) is 0 Å². The molecule has 2 aromatic rings. The van der Waals surface area contributed by atoms with Crippen molar-refractivity contribution in [3.05, 3.63) is 33.3 Å². The number of aromatic amines is 1. The molecule has 5 rings (SSSR count). The van der Waals surface area contributed by atoms with Gasteiger partial charge in [-0.05, 0) is 57.9 Å². The number of fused-ring (bicyclic) bond motifs is 1. The van der Waals surface area contributed by atoms with Crippen LogP contribution >= 0.6 is 11.3 Å². The van der Waals surface area contributed by atoms with Gasteiger partial charge in [0.15, 0.2) is 0 Å². The second-order valence-corrected chi connectivity index (χ2v) is 8.45. The minimum absolute atomic E-state index is 0.241. The Bertz CT molecular complexity index is 710. The highest BCUT2D eigenvalue weighted by atomic mass is 32.1. The summed E-state index contributed by atoms with van der Waals surface area (Å²) in [6.07, 6.45) is 9.89. The fourth-order valence-corrected chi connectivity index (χ4v) is 5.37. The van der Waals surface area contributed by atoms with Crippen LogP contribution < -0.4 is 0 Å². The number of imidazole rings is 1. The second-order valence-electron chi connectivity index (χ2n) is 7.56. The predicted molar refractivity (Wildman–Crippen MR) is 97.7 cm³/mol. The van der Waals surface area contributed by atoms with Crippen molar-refractivity contribution >= 4 is 11.3 Å². The highest BCUT2D eigenvalue weighted by Crippen LogP contribution is 2.35. The molecule has 3 aliphatic rings. The lowest BCUT2D eigenvalue weighted by molar-refractivity contribution is 0.111. The van der Waals surface area contributed by atoms with E-state index in [-0.39, 0.29) is 6.10 Å². The maximum absolute atomic E-state index is 5.78. The van der Waals surface area contributed by atoms with E-state index in [1.54, 1.807) is 11.3 Å². The molecular weight excluding hydrogens is 332 g/mol. The number of H-pyrrole nitrogens is 1. The number of likely N-dealkylation sites (tertiary alicyclic amines) is 1. The van der Waals surface area contributed by atoms with E-state index in [1.165, 1.54) is 55.0 Å². The molecule has 1 aliphatic carbocycles. The zero-order valence-electron chi connectivity index (χ0n) is 14.7. The third-order valence-corrected chi connectivity index (χ3v) is 6.78. The maximum atomic E-state index is 5.78. The third kappa shape index (κ3) is 3.15. The minimum atomic E-state index is 0.241. The van der Waals surface area contributed by atoms with Crippen molar-refractivity contribution in [2.45, 2.75) is 70.1 Å². The van der Waals surface area contributed by atoms with Gasteiger partial charge < -0.3 is 9.72 Å². The lowest BCUT2D eigenvalue weighted by atomic mass is 10.0. The number of nitrogens with zero attached hydrogens (tertiary/aromatic N) is 3. The molecule has 4 heterocycles. The van der Waals surface area contributed by atoms with Gasteiger partial charge in [-0.25, -0.2) is 9.97 Å². The van der Waals surface area contributed by atoms with Crippen LogP contribution in [-0.4, -0.2) is 33.0 Å². The lowest BCUT2D eigenvalue weighted by Gasteiger charge is -2.21. The summed E-state index contributed by atoms with van der Waals surface area (Å²) in [6, 6.07) is 0.429. The van der Waals surface area contributed by atoms with E-state index in [1.807, 2.05) is 0 Å². The summed E-state index contributed by atoms with van der Waals surface area (Å²) in [4.78, 5) is 16.0. The van der Waals surface area contributed by atoms with Crippen molar-refractivity contribution in [1.29, 1.82) is 0 Å². The van der Waals surface area contributed by atoms with Crippen molar-refractivity contribution in [1.82, 2.24) is 19.9 Å². The Hall–Kier alpha value is -1.24. The molecule has 25 heavy (non-hydrogen) atoms. The first-order chi connectivity index (χ1) is 12.4. The molecule has 0 aromatic carbocycles. The van der Waals surface area contributed by atoms with Crippen molar-refractivity contribution in [3.63, 3.8) is 0 Å². The normalized spacial score (nSPS) is 27.0. The number of rotatable bonds is 4. The molecule has 1 N–H and O–H groups in total. The molecule has 5 nitrogen and oxygen atoms in total. The molecule has 2 aromatic heterocycles. The third-order valence-electron chi connectivity index (χ3n) is 5.79. The lowest BCUT2D eigenvalue weighted by Crippen LogP contribution is -2.23. The van der Waals surface area contributed by atoms with Gasteiger partial charge in [0.05, 0.1) is 17.4 Å². The van der Waals surface area contributed by atoms with Gasteiger partial charge in [0.1, 0.15) is 16.9 Å². The van der Waals surface area contributed by atoms with E-state index in [9.17, 15) is 0 Å². The Morgan fingerprint density at radius 2 is 2.12 bits per heavy atom. The summed E-state index contributed by atoms with van der Waals surface area (Å²) in [5.74, 6) is 1.19. The van der Waals surface area contributed by atoms with Crippen LogP contribution in [0, 0.1) is 0 Å². The predicted octanol–water partition coefficient (Wildman–Crippen LogP) is 3.93. The molecule has 0 radical (unpaired) electrons. The van der Waals surface area contributed by atoms with Gasteiger partial charge in [-0.3, -0.25) is 4.90 Å². The monoisotopic (exact) mass is 358 g/mol. The zero-order valence-corrected chi connectivity index (χ0v) is 15.5. The van der Waals surface area contributed by atoms with Crippen LogP contribution in [0.1, 0.15) is 78.6 Å². The summed E-state index contributed by atoms with van der Waals surface area (Å²) in [6.45, 7) is 2.96. The Morgan fingerprint density at radius 1 is 1.16 bits per heavy atom. The highest BCUT2D eigenvalue weighted by molar-refractivity contribution is 7.09. The van der Waals surface area contributed by atoms with Crippen LogP contribution in [0.4, 0.5) is 0 Å². The van der Waals surface area contributed by atoms with Crippen LogP contribution in [-0.2, 0) is 24.1 Å². The van der Waals surface area contributed by atoms with Crippen LogP contribution in [0.2, 0.25) is 0 Å². The van der Waals surface area contributed by atoms with Crippen molar-refractivity contribution in [3.8, 4) is 0 Å². The van der Waals surface area contributed by atoms with Gasteiger partial charge in [-0.2, -0.15) is 0 Å². The van der Waals surface area contributed by atoms with E-state index >= 15 is 0 Å². The van der Waals surface area contributed by atoms with Gasteiger partial charge in [0, 0.05) is 24.2 Å². The highest BCUT2D eigenvalue weighted by Gasteiger charge is 2.30. The van der Waals surface area contributed by atoms with E-state index in [4.69, 9.17) is 14.7 Å². The molecule has 0 unspecified atom stereocenters. The van der Waals surface area contributed by atoms with Gasteiger partial charge >= 0.3 is 0 Å². The van der Waals surface area contributed by atoms with Gasteiger partial charge in [-0.15, -0.1) is 11.3 Å². The zero-order chi connectivity index (χ0) is 16.6. The summed E-state index contributed by atoms with van der Waals surface area (Å²) in [5, 5.41) is 3.39. The van der Waals surface area contributed by atoms with E-state index in [0.29, 0.717) is 6.04 Å². The maximum Gasteiger partial charge on any atom is 0.124 e. The summed E-state index contributed by atoms with van der Waals surface area (Å²) in [5.41, 5.74) is 3.91. The number of aromatic nitrogens is 3. The number of ether oxygens (including phenoxy) is 1. The molecule has 0 spiro atoms. The van der Waals surface area contributed by atoms with E-state index < -0.39 is 0 Å². The van der Waals surface area contributed by atoms with Crippen molar-refractivity contribution < 1.29 is 4.74 Å². The molecule has 2 atom stereocenters. The number of aryl methyl sites for hydroxylation is 2. The molecule has 0 saturated carbocycles. The first kappa shape index (κ1) is 16.0. The Balaban J connectivity index is 1.30. The largest absolute Gasteiger partial charge is 0.371 e. The Labute approximate surface area is 152 Å². The van der Waals surface area contributed by atoms with E-state index in [2.05, 4.69) is 15.3 Å². The molecule has 2 fully saturated rings. The smallest absolute Gasteiger partial charge is 0.124 e. The minimum Gasteiger partial charge on any atom is -0.371 e. The molecule has 0 amide bonds. The second kappa shape index (κ2) is 6.82. The number of hydrogen-bond donors (Lipinski definition) is 1. The number of nitrogens with one attached hydrogen (secondary N) is 1. The SMILES string of the molecule is c1sc([C@H]2CCCO2)nc1CN1CCC[C@H]1c1nc2c([nH]1)CCCC2. The Morgan fingerprint density at radius 3 is 3.00 bits per heavy atom. The van der Waals surface area contributed by atoms with Gasteiger partial charge in [-0.1, -0.05) is 0 Å². The molecule has 2 aliphatic heterocycles. The average Bonchev–Trinajstić information content (AvgIpc) is 3.41. The van der Waals surface area contributed by atoms with Crippen molar-refractivity contribution in [2.24, 2.45) is 0 Å². The number of thiazole rings is 1. The topological polar surface area (TPSA) is 54.0 Å². The van der Waals surface area contributed by atoms with Gasteiger partial charge in [0.25, 0.3) is 0 Å². The van der Waals surface area contributed by atoms with Crippen LogP contribution in [0.15, 0.2) is 5.38 Å². The van der Waals surface area contributed by atoms with Crippen molar-refractivity contribution in [2.75, 3.05) is 13.2 Å². The molecule has 0 bridgehead atoms. The molecule has 6 heteroatoms. The average molecular weight is 359 g/mol. The fourth-order valence-electron chi connectivity index (χ4n) is 4.48. The van der Waals surface area contributed by atoms with Crippen LogP contribution in [0.25, 0.3) is 0 Å². The first-order valence-electron chi connectivity index (χ1n) is 9.74. The molecule has 134 valence electrons. The quantitative estimate of drug-likeness (QED) is 0.900. The van der Waals surface area contributed by atoms with E-state index in [0.717, 1.165) is 44.0 Å². The van der Waals surface area contributed by atoms with Crippen LogP contribution in [0.3, 0.4) is 0 Å².